The van der Waals surface area contributed by atoms with Crippen LogP contribution in [0.25, 0.3) is 21.8 Å². The molecule has 4 fully saturated rings. The number of anilines is 1. The predicted molar refractivity (Wildman–Crippen MR) is 241 cm³/mol. The van der Waals surface area contributed by atoms with E-state index in [9.17, 15) is 32.9 Å². The van der Waals surface area contributed by atoms with E-state index >= 15 is 13.2 Å². The van der Waals surface area contributed by atoms with Crippen LogP contribution in [-0.4, -0.2) is 124 Å². The molecule has 2 unspecified atom stereocenters. The van der Waals surface area contributed by atoms with E-state index < -0.39 is 74.8 Å². The van der Waals surface area contributed by atoms with Crippen LogP contribution in [0.3, 0.4) is 0 Å². The fourth-order valence-corrected chi connectivity index (χ4v) is 10.8. The highest BCUT2D eigenvalue weighted by Crippen LogP contribution is 2.43. The van der Waals surface area contributed by atoms with E-state index in [4.69, 9.17) is 9.47 Å². The summed E-state index contributed by atoms with van der Waals surface area (Å²) in [5.74, 6) is -7.31. The first-order valence-electron chi connectivity index (χ1n) is 22.4. The van der Waals surface area contributed by atoms with Crippen molar-refractivity contribution in [3.63, 3.8) is 0 Å². The van der Waals surface area contributed by atoms with E-state index in [0.29, 0.717) is 66.4 Å². The minimum Gasteiger partial charge on any atom is -0.453 e. The van der Waals surface area contributed by atoms with Gasteiger partial charge in [-0.3, -0.25) is 43.4 Å². The maximum atomic E-state index is 15.9. The van der Waals surface area contributed by atoms with E-state index in [-0.39, 0.29) is 67.7 Å². The molecule has 4 aliphatic rings. The Labute approximate surface area is 388 Å². The van der Waals surface area contributed by atoms with Crippen molar-refractivity contribution >= 4 is 55.4 Å². The topological polar surface area (TPSA) is 214 Å². The Balaban J connectivity index is 0.814. The molecule has 0 bridgehead atoms. The number of rotatable bonds is 11. The lowest BCUT2D eigenvalue weighted by Gasteiger charge is -2.41. The fourth-order valence-electron chi connectivity index (χ4n) is 9.89. The lowest BCUT2D eigenvalue weighted by atomic mass is 9.85. The Hall–Kier alpha value is -6.41. The Morgan fingerprint density at radius 1 is 1.07 bits per heavy atom. The smallest absolute Gasteiger partial charge is 0.301 e. The summed E-state index contributed by atoms with van der Waals surface area (Å²) in [5, 5.41) is 17.6. The molecule has 4 saturated heterocycles. The van der Waals surface area contributed by atoms with Crippen LogP contribution in [0.15, 0.2) is 59.7 Å². The number of carbonyl (C=O) groups is 3. The molecule has 358 valence electrons. The molecular weight excluding hydrogens is 910 g/mol. The van der Waals surface area contributed by atoms with Gasteiger partial charge in [0.05, 0.1) is 77.3 Å². The van der Waals surface area contributed by atoms with Crippen LogP contribution in [0.5, 0.6) is 11.5 Å². The molecule has 4 aliphatic heterocycles. The number of halogens is 3. The molecule has 1 spiro atoms. The van der Waals surface area contributed by atoms with Crippen LogP contribution in [0, 0.1) is 17.1 Å². The summed E-state index contributed by atoms with van der Waals surface area (Å²) in [7, 11) is -1.02. The zero-order valence-corrected chi connectivity index (χ0v) is 38.3. The molecule has 68 heavy (non-hydrogen) atoms. The molecule has 22 heteroatoms. The maximum Gasteiger partial charge on any atom is 0.301 e. The second kappa shape index (κ2) is 17.9. The number of nitriles is 1. The summed E-state index contributed by atoms with van der Waals surface area (Å²) in [5.41, 5.74) is 0.258. The molecular formula is C46H49F3N10O8S. The van der Waals surface area contributed by atoms with Gasteiger partial charge >= 0.3 is 10.2 Å². The predicted octanol–water partition coefficient (Wildman–Crippen LogP) is 4.66. The third-order valence-electron chi connectivity index (χ3n) is 13.8. The Bertz CT molecular complexity index is 3080. The van der Waals surface area contributed by atoms with E-state index in [1.807, 2.05) is 6.07 Å². The van der Waals surface area contributed by atoms with Gasteiger partial charge in [0.15, 0.2) is 11.6 Å². The van der Waals surface area contributed by atoms with Crippen molar-refractivity contribution < 1.29 is 45.4 Å². The lowest BCUT2D eigenvalue weighted by molar-refractivity contribution is -0.141. The average Bonchev–Trinajstić information content (AvgIpc) is 3.86. The number of hydrogen-bond acceptors (Lipinski definition) is 12. The first-order chi connectivity index (χ1) is 32.4. The van der Waals surface area contributed by atoms with Gasteiger partial charge in [-0.1, -0.05) is 19.1 Å². The monoisotopic (exact) mass is 958 g/mol. The number of fused-ring (bicyclic) bond motifs is 2. The number of amides is 3. The summed E-state index contributed by atoms with van der Waals surface area (Å²) in [6, 6.07) is 12.9. The summed E-state index contributed by atoms with van der Waals surface area (Å²) in [6.45, 7) is 2.18. The average molecular weight is 959 g/mol. The van der Waals surface area contributed by atoms with Crippen molar-refractivity contribution in [3.05, 3.63) is 87.9 Å². The molecule has 9 rings (SSSR count). The molecule has 6 heterocycles. The van der Waals surface area contributed by atoms with Crippen molar-refractivity contribution in [1.82, 2.24) is 38.8 Å². The van der Waals surface area contributed by atoms with Crippen LogP contribution in [0.4, 0.5) is 18.9 Å². The molecule has 18 nitrogen and oxygen atoms in total. The van der Waals surface area contributed by atoms with Gasteiger partial charge in [-0.25, -0.2) is 18.2 Å². The number of ether oxygens (including phenoxy) is 2. The van der Waals surface area contributed by atoms with E-state index in [1.54, 1.807) is 41.8 Å². The summed E-state index contributed by atoms with van der Waals surface area (Å²) in [6.07, 6.45) is 3.47. The third-order valence-corrected chi connectivity index (χ3v) is 15.4. The molecule has 5 aromatic rings. The molecule has 0 radical (unpaired) electrons. The van der Waals surface area contributed by atoms with Crippen LogP contribution >= 0.6 is 0 Å². The van der Waals surface area contributed by atoms with Crippen LogP contribution in [0.2, 0.25) is 0 Å². The highest BCUT2D eigenvalue weighted by Gasteiger charge is 2.48. The normalized spacial score (nSPS) is 21.9. The fraction of sp³-hybridized carbons (Fsp3) is 0.457. The number of piperidine rings is 3. The van der Waals surface area contributed by atoms with Crippen LogP contribution in [-0.2, 0) is 36.4 Å². The second-order valence-electron chi connectivity index (χ2n) is 18.0. The first kappa shape index (κ1) is 46.7. The van der Waals surface area contributed by atoms with Crippen molar-refractivity contribution in [2.24, 2.45) is 7.05 Å². The molecule has 3 aromatic carbocycles. The molecule has 3 atom stereocenters. The number of likely N-dealkylation sites (tertiary alicyclic amines) is 2. The number of alkyl halides is 2. The number of benzene rings is 3. The van der Waals surface area contributed by atoms with Crippen molar-refractivity contribution in [3.8, 4) is 17.6 Å². The zero-order chi connectivity index (χ0) is 48.3. The number of hydrogen-bond donors (Lipinski definition) is 2. The number of aromatic nitrogens is 4. The largest absolute Gasteiger partial charge is 0.453 e. The molecule has 0 saturated carbocycles. The van der Waals surface area contributed by atoms with Crippen molar-refractivity contribution in [1.29, 1.82) is 5.26 Å². The Kier molecular flexibility index (Phi) is 12.3. The van der Waals surface area contributed by atoms with Gasteiger partial charge in [0.25, 0.3) is 11.5 Å². The first-order valence-corrected chi connectivity index (χ1v) is 23.8. The third kappa shape index (κ3) is 8.79. The van der Waals surface area contributed by atoms with Gasteiger partial charge in [-0.2, -0.15) is 23.1 Å². The van der Waals surface area contributed by atoms with E-state index in [0.717, 1.165) is 16.4 Å². The minimum atomic E-state index is -4.05. The minimum absolute atomic E-state index is 0.00519. The van der Waals surface area contributed by atoms with Crippen molar-refractivity contribution in [2.45, 2.75) is 74.8 Å². The van der Waals surface area contributed by atoms with Crippen LogP contribution < -0.4 is 20.3 Å². The summed E-state index contributed by atoms with van der Waals surface area (Å²) < 4.78 is 90.9. The van der Waals surface area contributed by atoms with Crippen molar-refractivity contribution in [2.75, 3.05) is 57.6 Å². The Morgan fingerprint density at radius 3 is 2.57 bits per heavy atom. The number of carbonyl (C=O) groups excluding carboxylic acids is 3. The number of imide groups is 1. The van der Waals surface area contributed by atoms with E-state index in [1.165, 1.54) is 41.0 Å². The number of nitrogens with one attached hydrogen (secondary N) is 2. The summed E-state index contributed by atoms with van der Waals surface area (Å²) >= 11 is 0. The Morgan fingerprint density at radius 2 is 1.85 bits per heavy atom. The quantitative estimate of drug-likeness (QED) is 0.173. The van der Waals surface area contributed by atoms with E-state index in [2.05, 4.69) is 20.1 Å². The summed E-state index contributed by atoms with van der Waals surface area (Å²) in [4.78, 5) is 59.4. The molecule has 0 aliphatic carbocycles. The molecule has 2 N–H and O–H groups in total. The second-order valence-corrected chi connectivity index (χ2v) is 19.8. The molecule has 3 amide bonds. The van der Waals surface area contributed by atoms with Gasteiger partial charge in [-0.15, -0.1) is 0 Å². The van der Waals surface area contributed by atoms with Gasteiger partial charge in [0.1, 0.15) is 17.4 Å². The highest BCUT2D eigenvalue weighted by molar-refractivity contribution is 7.90. The standard InChI is InChI=1S/C46H49F3N10O8S/c1-4-55(2)68(64,65)54-37-11-9-35(47)42(33(37)22-50)67-29-6-10-36-32(20-29)44(63)59(26-51-36)28-21-45(66-24-28)14-17-58(18-15-45)40(61)23-57-16-13-34(46(48,49)25-57)27-5-7-30-38(19-27)56(3)53-41(30)31-8-12-39(60)52-43(31)62/h5-7,9-11,19-20,26,28,31,34,54H,4,8,12-18,21,23-25H2,1-3H3,(H,52,60,62)/t28-,31?,34?/m1/s1. The highest BCUT2D eigenvalue weighted by atomic mass is 32.2. The van der Waals surface area contributed by atoms with Gasteiger partial charge in [0.2, 0.25) is 17.7 Å². The lowest BCUT2D eigenvalue weighted by Crippen LogP contribution is -2.53. The molecule has 2 aromatic heterocycles. The van der Waals surface area contributed by atoms with Gasteiger partial charge in [0, 0.05) is 45.5 Å². The SMILES string of the molecule is CCN(C)S(=O)(=O)Nc1ccc(F)c(Oc2ccc3ncn([C@H]4COC5(CCN(C(=O)CN6CCC(c7ccc8c(C9CCC(=O)NC9=O)nn(C)c8c7)C(F)(F)C6)CC5)C4)c(=O)c3c2)c1C#N. The van der Waals surface area contributed by atoms with Crippen LogP contribution in [0.1, 0.15) is 80.1 Å². The maximum absolute atomic E-state index is 15.9. The zero-order valence-electron chi connectivity index (χ0n) is 37.5. The van der Waals surface area contributed by atoms with Gasteiger partial charge < -0.3 is 14.4 Å². The number of nitrogens with zero attached hydrogens (tertiary/aromatic N) is 8. The number of aryl methyl sites for hydroxylation is 1. The van der Waals surface area contributed by atoms with Gasteiger partial charge in [-0.05, 0) is 80.6 Å².